The van der Waals surface area contributed by atoms with Crippen molar-refractivity contribution in [2.45, 2.75) is 32.9 Å². The quantitative estimate of drug-likeness (QED) is 0.391. The first-order valence-corrected chi connectivity index (χ1v) is 9.23. The van der Waals surface area contributed by atoms with Gasteiger partial charge in [0.05, 0.1) is 17.4 Å². The van der Waals surface area contributed by atoms with E-state index in [-0.39, 0.29) is 0 Å². The smallest absolute Gasteiger partial charge is 0.191 e. The van der Waals surface area contributed by atoms with Crippen LogP contribution in [0.1, 0.15) is 24.5 Å². The van der Waals surface area contributed by atoms with Gasteiger partial charge in [0.1, 0.15) is 0 Å². The van der Waals surface area contributed by atoms with Crippen LogP contribution in [-0.2, 0) is 19.5 Å². The van der Waals surface area contributed by atoms with Crippen molar-refractivity contribution in [2.75, 3.05) is 13.6 Å². The summed E-state index contributed by atoms with van der Waals surface area (Å²) in [5.41, 5.74) is 4.93. The van der Waals surface area contributed by atoms with Crippen molar-refractivity contribution in [1.82, 2.24) is 20.2 Å². The van der Waals surface area contributed by atoms with E-state index in [1.807, 2.05) is 25.5 Å². The second kappa shape index (κ2) is 9.04. The second-order valence-corrected chi connectivity index (χ2v) is 6.26. The number of nitrogens with one attached hydrogen (secondary N) is 2. The molecule has 0 bridgehead atoms. The van der Waals surface area contributed by atoms with E-state index in [1.165, 1.54) is 16.6 Å². The highest BCUT2D eigenvalue weighted by molar-refractivity contribution is 5.79. The Morgan fingerprint density at radius 1 is 1.04 bits per heavy atom. The second-order valence-electron chi connectivity index (χ2n) is 6.26. The van der Waals surface area contributed by atoms with Gasteiger partial charge in [-0.3, -0.25) is 4.99 Å². The van der Waals surface area contributed by atoms with Crippen LogP contribution in [0.25, 0.3) is 11.0 Å². The molecule has 0 amide bonds. The Morgan fingerprint density at radius 3 is 2.62 bits per heavy atom. The minimum atomic E-state index is 0.788. The Morgan fingerprint density at radius 2 is 1.81 bits per heavy atom. The van der Waals surface area contributed by atoms with Gasteiger partial charge in [-0.1, -0.05) is 43.3 Å². The molecule has 3 rings (SSSR count). The fraction of sp³-hybridized carbons (Fsp3) is 0.333. The highest BCUT2D eigenvalue weighted by Gasteiger charge is 2.03. The fourth-order valence-electron chi connectivity index (χ4n) is 3.12. The van der Waals surface area contributed by atoms with Crippen molar-refractivity contribution in [1.29, 1.82) is 0 Å². The third kappa shape index (κ3) is 4.42. The number of aliphatic imine (C=N–C) groups is 1. The first-order valence-electron chi connectivity index (χ1n) is 9.23. The number of aryl methyl sites for hydroxylation is 2. The van der Waals surface area contributed by atoms with Crippen LogP contribution in [0.5, 0.6) is 0 Å². The molecule has 5 nitrogen and oxygen atoms in total. The van der Waals surface area contributed by atoms with E-state index < -0.39 is 0 Å². The molecule has 1 heterocycles. The minimum Gasteiger partial charge on any atom is -0.356 e. The van der Waals surface area contributed by atoms with Gasteiger partial charge in [-0.25, -0.2) is 4.98 Å². The van der Waals surface area contributed by atoms with Gasteiger partial charge in [0.2, 0.25) is 0 Å². The molecule has 136 valence electrons. The highest BCUT2D eigenvalue weighted by atomic mass is 15.2. The number of nitrogens with zero attached hydrogens (tertiary/aromatic N) is 3. The van der Waals surface area contributed by atoms with E-state index in [1.54, 1.807) is 0 Å². The predicted molar refractivity (Wildman–Crippen MR) is 108 cm³/mol. The van der Waals surface area contributed by atoms with Gasteiger partial charge >= 0.3 is 0 Å². The number of rotatable bonds is 7. The predicted octanol–water partition coefficient (Wildman–Crippen LogP) is 3.35. The summed E-state index contributed by atoms with van der Waals surface area (Å²) < 4.78 is 2.20. The van der Waals surface area contributed by atoms with Crippen molar-refractivity contribution in [3.8, 4) is 0 Å². The molecule has 0 atom stereocenters. The molecule has 2 aromatic carbocycles. The Hall–Kier alpha value is -2.82. The molecule has 0 fully saturated rings. The number of aromatic nitrogens is 2. The van der Waals surface area contributed by atoms with E-state index in [4.69, 9.17) is 0 Å². The molecule has 0 aliphatic rings. The highest BCUT2D eigenvalue weighted by Crippen LogP contribution is 2.12. The van der Waals surface area contributed by atoms with E-state index >= 15 is 0 Å². The van der Waals surface area contributed by atoms with E-state index in [0.29, 0.717) is 0 Å². The van der Waals surface area contributed by atoms with E-state index in [0.717, 1.165) is 44.0 Å². The number of hydrogen-bond acceptors (Lipinski definition) is 2. The summed E-state index contributed by atoms with van der Waals surface area (Å²) in [7, 11) is 1.81. The Balaban J connectivity index is 1.46. The van der Waals surface area contributed by atoms with E-state index in [9.17, 15) is 0 Å². The summed E-state index contributed by atoms with van der Waals surface area (Å²) in [6.07, 6.45) is 3.97. The van der Waals surface area contributed by atoms with Crippen LogP contribution in [0.2, 0.25) is 0 Å². The molecule has 5 heteroatoms. The molecular formula is C21H27N5. The SMILES string of the molecule is CCc1ccccc1CNC(=NC)NCCCn1cnc2ccccc21. The van der Waals surface area contributed by atoms with Crippen molar-refractivity contribution in [2.24, 2.45) is 4.99 Å². The van der Waals surface area contributed by atoms with Crippen molar-refractivity contribution in [3.63, 3.8) is 0 Å². The molecular weight excluding hydrogens is 322 g/mol. The lowest BCUT2D eigenvalue weighted by Gasteiger charge is -2.14. The summed E-state index contributed by atoms with van der Waals surface area (Å²) in [6, 6.07) is 16.8. The minimum absolute atomic E-state index is 0.788. The van der Waals surface area contributed by atoms with Gasteiger partial charge in [0.25, 0.3) is 0 Å². The Labute approximate surface area is 155 Å². The lowest BCUT2D eigenvalue weighted by atomic mass is 10.1. The molecule has 2 N–H and O–H groups in total. The molecule has 0 aliphatic carbocycles. The Bertz CT molecular complexity index is 865. The number of para-hydroxylation sites is 2. The molecule has 0 aliphatic heterocycles. The topological polar surface area (TPSA) is 54.2 Å². The zero-order valence-electron chi connectivity index (χ0n) is 15.6. The fourth-order valence-corrected chi connectivity index (χ4v) is 3.12. The molecule has 3 aromatic rings. The summed E-state index contributed by atoms with van der Waals surface area (Å²) in [4.78, 5) is 8.75. The van der Waals surface area contributed by atoms with E-state index in [2.05, 4.69) is 68.5 Å². The first-order chi connectivity index (χ1) is 12.8. The maximum Gasteiger partial charge on any atom is 0.191 e. The van der Waals surface area contributed by atoms with Crippen molar-refractivity contribution < 1.29 is 0 Å². The Kier molecular flexibility index (Phi) is 6.25. The molecule has 0 saturated heterocycles. The van der Waals surface area contributed by atoms with Crippen LogP contribution in [-0.4, -0.2) is 29.1 Å². The van der Waals surface area contributed by atoms with Crippen LogP contribution in [0, 0.1) is 0 Å². The van der Waals surface area contributed by atoms with Gasteiger partial charge in [0, 0.05) is 26.7 Å². The van der Waals surface area contributed by atoms with Gasteiger partial charge in [-0.05, 0) is 36.1 Å². The largest absolute Gasteiger partial charge is 0.356 e. The molecule has 0 saturated carbocycles. The van der Waals surface area contributed by atoms with Crippen molar-refractivity contribution in [3.05, 3.63) is 66.0 Å². The van der Waals surface area contributed by atoms with Crippen LogP contribution in [0.15, 0.2) is 59.9 Å². The zero-order valence-corrected chi connectivity index (χ0v) is 15.6. The van der Waals surface area contributed by atoms with Crippen molar-refractivity contribution >= 4 is 17.0 Å². The number of hydrogen-bond donors (Lipinski definition) is 2. The number of imidazole rings is 1. The normalized spacial score (nSPS) is 11.7. The number of benzene rings is 2. The standard InChI is InChI=1S/C21H27N5/c1-3-17-9-4-5-10-18(17)15-24-21(22-2)23-13-8-14-26-16-25-19-11-6-7-12-20(19)26/h4-7,9-12,16H,3,8,13-15H2,1-2H3,(H2,22,23,24). The summed E-state index contributed by atoms with van der Waals surface area (Å²) in [5, 5.41) is 6.80. The van der Waals surface area contributed by atoms with Crippen LogP contribution < -0.4 is 10.6 Å². The molecule has 0 spiro atoms. The summed E-state index contributed by atoms with van der Waals surface area (Å²) in [6.45, 7) is 4.77. The molecule has 26 heavy (non-hydrogen) atoms. The average molecular weight is 349 g/mol. The lowest BCUT2D eigenvalue weighted by molar-refractivity contribution is 0.637. The molecule has 0 radical (unpaired) electrons. The first kappa shape index (κ1) is 18.0. The maximum atomic E-state index is 4.43. The average Bonchev–Trinajstić information content (AvgIpc) is 3.11. The van der Waals surface area contributed by atoms with Gasteiger partial charge in [0.15, 0.2) is 5.96 Å². The third-order valence-electron chi connectivity index (χ3n) is 4.56. The third-order valence-corrected chi connectivity index (χ3v) is 4.56. The monoisotopic (exact) mass is 349 g/mol. The van der Waals surface area contributed by atoms with Gasteiger partial charge in [-0.2, -0.15) is 0 Å². The maximum absolute atomic E-state index is 4.43. The summed E-state index contributed by atoms with van der Waals surface area (Å²) in [5.74, 6) is 0.839. The number of fused-ring (bicyclic) bond motifs is 1. The van der Waals surface area contributed by atoms with Gasteiger partial charge < -0.3 is 15.2 Å². The lowest BCUT2D eigenvalue weighted by Crippen LogP contribution is -2.37. The van der Waals surface area contributed by atoms with Gasteiger partial charge in [-0.15, -0.1) is 0 Å². The molecule has 0 unspecified atom stereocenters. The van der Waals surface area contributed by atoms with Crippen LogP contribution >= 0.6 is 0 Å². The summed E-state index contributed by atoms with van der Waals surface area (Å²) >= 11 is 0. The zero-order chi connectivity index (χ0) is 18.2. The number of guanidine groups is 1. The van der Waals surface area contributed by atoms with Crippen LogP contribution in [0.4, 0.5) is 0 Å². The molecule has 1 aromatic heterocycles. The van der Waals surface area contributed by atoms with Crippen LogP contribution in [0.3, 0.4) is 0 Å².